The molecule has 0 unspecified atom stereocenters. The van der Waals surface area contributed by atoms with Gasteiger partial charge in [0.15, 0.2) is 11.5 Å². The van der Waals surface area contributed by atoms with Gasteiger partial charge in [0, 0.05) is 31.5 Å². The van der Waals surface area contributed by atoms with Crippen molar-refractivity contribution < 1.29 is 62.3 Å². The molecule has 18 heteroatoms. The van der Waals surface area contributed by atoms with Crippen molar-refractivity contribution in [2.75, 3.05) is 26.4 Å². The number of guanidine groups is 1. The normalized spacial score (nSPS) is 18.9. The third-order valence-corrected chi connectivity index (χ3v) is 9.58. The van der Waals surface area contributed by atoms with Crippen molar-refractivity contribution in [3.8, 4) is 11.5 Å². The van der Waals surface area contributed by atoms with Crippen molar-refractivity contribution in [3.05, 3.63) is 55.1 Å². The fourth-order valence-electron chi connectivity index (χ4n) is 6.87. The Morgan fingerprint density at radius 2 is 1.48 bits per heavy atom. The Labute approximate surface area is 370 Å². The fourth-order valence-corrected chi connectivity index (χ4v) is 6.87. The summed E-state index contributed by atoms with van der Waals surface area (Å²) in [6.45, 7) is 24.1. The van der Waals surface area contributed by atoms with Gasteiger partial charge in [-0.15, -0.1) is 0 Å². The third-order valence-electron chi connectivity index (χ3n) is 9.58. The molecular formula is C45H67N5O13. The molecular weight excluding hydrogens is 819 g/mol. The van der Waals surface area contributed by atoms with Crippen LogP contribution in [0.2, 0.25) is 0 Å². The number of carbonyl (C=O) groups excluding carboxylic acids is 5. The highest BCUT2D eigenvalue weighted by atomic mass is 16.6. The van der Waals surface area contributed by atoms with Crippen LogP contribution in [0, 0.1) is 17.3 Å². The maximum atomic E-state index is 13.5. The number of ether oxygens (including phenoxy) is 6. The molecule has 1 saturated carbocycles. The molecule has 1 aliphatic carbocycles. The molecule has 63 heavy (non-hydrogen) atoms. The zero-order valence-electron chi connectivity index (χ0n) is 38.3. The van der Waals surface area contributed by atoms with Gasteiger partial charge >= 0.3 is 30.2 Å². The number of rotatable bonds is 20. The number of carboxylic acids is 1. The Bertz CT molecular complexity index is 1800. The first kappa shape index (κ1) is 53.1. The standard InChI is InChI=1S/C45H67N5O13/c1-13-23-58-32-20-18-29(26-33(32)59-24-14-2)19-21-34(52)60-25-17-22-46-40(55)61-37-35(36(47-28(5)51)30(15-3)16-4)31(27-45(37,12)38(53)54)48-39(49-41(56)62-43(6,7)8)50-42(57)63-44(9,10)11/h13-14,18-21,26,30-31,35-37H,1-2,15-17,22-25,27H2,3-12H3,(H,46,55)(H,47,51)(H,53,54)(H2,48,49,50,56,57)/t31-,35-,36+,37+,45+/m1/s1. The van der Waals surface area contributed by atoms with Gasteiger partial charge in [0.1, 0.15) is 35.9 Å². The van der Waals surface area contributed by atoms with Crippen molar-refractivity contribution in [1.82, 2.24) is 21.3 Å². The van der Waals surface area contributed by atoms with Gasteiger partial charge < -0.3 is 44.2 Å². The quantitative estimate of drug-likeness (QED) is 0.0175. The van der Waals surface area contributed by atoms with E-state index >= 15 is 0 Å². The van der Waals surface area contributed by atoms with Crippen LogP contribution in [0.4, 0.5) is 14.4 Å². The average Bonchev–Trinajstić information content (AvgIpc) is 3.44. The second kappa shape index (κ2) is 24.5. The second-order valence-electron chi connectivity index (χ2n) is 17.1. The zero-order chi connectivity index (χ0) is 47.5. The Hall–Kier alpha value is -6.07. The molecule has 4 amide bonds. The van der Waals surface area contributed by atoms with Crippen molar-refractivity contribution in [3.63, 3.8) is 0 Å². The van der Waals surface area contributed by atoms with E-state index in [9.17, 15) is 33.9 Å². The van der Waals surface area contributed by atoms with Crippen molar-refractivity contribution in [2.45, 2.75) is 124 Å². The van der Waals surface area contributed by atoms with Crippen LogP contribution >= 0.6 is 0 Å². The minimum atomic E-state index is -1.78. The predicted octanol–water partition coefficient (Wildman–Crippen LogP) is 6.68. The van der Waals surface area contributed by atoms with E-state index in [0.717, 1.165) is 0 Å². The van der Waals surface area contributed by atoms with Gasteiger partial charge in [0.05, 0.1) is 12.6 Å². The molecule has 0 aromatic heterocycles. The number of carboxylic acid groups (broad SMARTS) is 1. The lowest BCUT2D eigenvalue weighted by Crippen LogP contribution is -2.54. The number of aliphatic carboxylic acids is 1. The number of amides is 4. The summed E-state index contributed by atoms with van der Waals surface area (Å²) in [6.07, 6.45) is 2.73. The molecule has 5 atom stereocenters. The maximum absolute atomic E-state index is 13.5. The number of nitrogens with zero attached hydrogens (tertiary/aromatic N) is 1. The van der Waals surface area contributed by atoms with Gasteiger partial charge in [-0.25, -0.2) is 24.2 Å². The summed E-state index contributed by atoms with van der Waals surface area (Å²) in [5.41, 5.74) is -3.00. The first-order chi connectivity index (χ1) is 29.5. The number of aliphatic imine (C=N–C) groups is 1. The highest BCUT2D eigenvalue weighted by molar-refractivity contribution is 6.01. The molecule has 1 fully saturated rings. The van der Waals surface area contributed by atoms with E-state index in [2.05, 4.69) is 39.4 Å². The van der Waals surface area contributed by atoms with Crippen LogP contribution in [-0.4, -0.2) is 103 Å². The van der Waals surface area contributed by atoms with Crippen LogP contribution in [0.25, 0.3) is 6.08 Å². The van der Waals surface area contributed by atoms with E-state index < -0.39 is 82.8 Å². The molecule has 5 N–H and O–H groups in total. The minimum Gasteiger partial charge on any atom is -0.486 e. The van der Waals surface area contributed by atoms with Crippen molar-refractivity contribution in [1.29, 1.82) is 0 Å². The van der Waals surface area contributed by atoms with Crippen LogP contribution in [-0.2, 0) is 33.3 Å². The average molecular weight is 886 g/mol. The Morgan fingerprint density at radius 3 is 1.98 bits per heavy atom. The molecule has 2 rings (SSSR count). The second-order valence-corrected chi connectivity index (χ2v) is 17.1. The van der Waals surface area contributed by atoms with Gasteiger partial charge in [-0.05, 0) is 91.0 Å². The Kier molecular flexibility index (Phi) is 20.7. The topological polar surface area (TPSA) is 239 Å². The minimum absolute atomic E-state index is 0.0137. The third kappa shape index (κ3) is 18.1. The molecule has 18 nitrogen and oxygen atoms in total. The molecule has 0 aliphatic heterocycles. The number of alkyl carbamates (subject to hydrolysis) is 3. The summed E-state index contributed by atoms with van der Waals surface area (Å²) in [4.78, 5) is 82.5. The van der Waals surface area contributed by atoms with Crippen LogP contribution in [0.5, 0.6) is 11.5 Å². The SMILES string of the molecule is C=CCOc1ccc(C=CC(=O)OCCCNC(=O)O[C@H]2[C@@H]([C@@H](NC(C)=O)C(CC)CC)[C@H](N=C(NC(=O)OC(C)(C)C)NC(=O)OC(C)(C)C)C[C@]2(C)C(=O)O)cc1OCC=C. The van der Waals surface area contributed by atoms with Crippen LogP contribution in [0.3, 0.4) is 0 Å². The summed E-state index contributed by atoms with van der Waals surface area (Å²) in [5.74, 6) is -3.05. The van der Waals surface area contributed by atoms with Crippen LogP contribution in [0.1, 0.15) is 100 Å². The lowest BCUT2D eigenvalue weighted by atomic mass is 9.78. The number of carbonyl (C=O) groups is 6. The number of nitrogens with one attached hydrogen (secondary N) is 4. The largest absolute Gasteiger partial charge is 0.486 e. The van der Waals surface area contributed by atoms with Gasteiger partial charge in [-0.1, -0.05) is 58.1 Å². The highest BCUT2D eigenvalue weighted by Crippen LogP contribution is 2.49. The van der Waals surface area contributed by atoms with E-state index in [1.165, 1.54) is 19.9 Å². The molecule has 0 spiro atoms. The molecule has 0 radical (unpaired) electrons. The first-order valence-corrected chi connectivity index (χ1v) is 21.0. The van der Waals surface area contributed by atoms with E-state index in [-0.39, 0.29) is 45.1 Å². The highest BCUT2D eigenvalue weighted by Gasteiger charge is 2.61. The molecule has 350 valence electrons. The van der Waals surface area contributed by atoms with Crippen molar-refractivity contribution in [2.24, 2.45) is 22.2 Å². The van der Waals surface area contributed by atoms with E-state index in [4.69, 9.17) is 28.4 Å². The summed E-state index contributed by atoms with van der Waals surface area (Å²) >= 11 is 0. The number of hydrogen-bond donors (Lipinski definition) is 5. The van der Waals surface area contributed by atoms with Gasteiger partial charge in [0.2, 0.25) is 11.9 Å². The molecule has 0 saturated heterocycles. The van der Waals surface area contributed by atoms with Gasteiger partial charge in [-0.2, -0.15) is 0 Å². The maximum Gasteiger partial charge on any atom is 0.414 e. The lowest BCUT2D eigenvalue weighted by molar-refractivity contribution is -0.154. The van der Waals surface area contributed by atoms with Gasteiger partial charge in [0.25, 0.3) is 0 Å². The number of hydrogen-bond acceptors (Lipinski definition) is 13. The van der Waals surface area contributed by atoms with E-state index in [0.29, 0.717) is 29.9 Å². The zero-order valence-corrected chi connectivity index (χ0v) is 38.3. The molecule has 1 aromatic rings. The molecule has 0 heterocycles. The molecule has 0 bridgehead atoms. The summed E-state index contributed by atoms with van der Waals surface area (Å²) in [7, 11) is 0. The van der Waals surface area contributed by atoms with Crippen LogP contribution < -0.4 is 30.7 Å². The molecule has 1 aliphatic rings. The Morgan fingerprint density at radius 1 is 0.905 bits per heavy atom. The smallest absolute Gasteiger partial charge is 0.414 e. The predicted molar refractivity (Wildman–Crippen MR) is 236 cm³/mol. The van der Waals surface area contributed by atoms with Crippen LogP contribution in [0.15, 0.2) is 54.6 Å². The van der Waals surface area contributed by atoms with Crippen molar-refractivity contribution >= 4 is 48.2 Å². The summed E-state index contributed by atoms with van der Waals surface area (Å²) in [6, 6.07) is 3.29. The fraction of sp³-hybridized carbons (Fsp3) is 0.578. The van der Waals surface area contributed by atoms with E-state index in [1.807, 2.05) is 13.8 Å². The van der Waals surface area contributed by atoms with E-state index in [1.54, 1.807) is 78.0 Å². The number of benzene rings is 1. The molecule has 1 aromatic carbocycles. The Balaban J connectivity index is 2.36. The first-order valence-electron chi connectivity index (χ1n) is 21.0. The summed E-state index contributed by atoms with van der Waals surface area (Å²) in [5, 5.41) is 21.1. The number of esters is 1. The summed E-state index contributed by atoms with van der Waals surface area (Å²) < 4.78 is 33.4. The lowest BCUT2D eigenvalue weighted by Gasteiger charge is -2.38. The monoisotopic (exact) mass is 885 g/mol. The van der Waals surface area contributed by atoms with Gasteiger partial charge in [-0.3, -0.25) is 20.2 Å².